The van der Waals surface area contributed by atoms with E-state index in [4.69, 9.17) is 16.3 Å². The van der Waals surface area contributed by atoms with Crippen molar-refractivity contribution in [1.82, 2.24) is 0 Å². The van der Waals surface area contributed by atoms with Crippen LogP contribution >= 0.6 is 11.6 Å². The predicted molar refractivity (Wildman–Crippen MR) is 105 cm³/mol. The molecule has 0 aromatic heterocycles. The van der Waals surface area contributed by atoms with Crippen LogP contribution in [0.3, 0.4) is 0 Å². The fourth-order valence-corrected chi connectivity index (χ4v) is 4.26. The van der Waals surface area contributed by atoms with Gasteiger partial charge < -0.3 is 4.74 Å². The summed E-state index contributed by atoms with van der Waals surface area (Å²) in [5, 5.41) is 0.572. The molecule has 0 unspecified atom stereocenters. The quantitative estimate of drug-likeness (QED) is 0.567. The molecule has 0 N–H and O–H groups in total. The van der Waals surface area contributed by atoms with Gasteiger partial charge in [-0.05, 0) is 48.7 Å². The largest absolute Gasteiger partial charge is 0.457 e. The number of carbonyl (C=O) groups excluding carboxylic acids is 3. The second-order valence-corrected chi connectivity index (χ2v) is 7.70. The molecule has 1 heterocycles. The van der Waals surface area contributed by atoms with Gasteiger partial charge in [-0.15, -0.1) is 0 Å². The van der Waals surface area contributed by atoms with Crippen molar-refractivity contribution in [3.8, 4) is 0 Å². The van der Waals surface area contributed by atoms with Gasteiger partial charge in [-0.2, -0.15) is 0 Å². The van der Waals surface area contributed by atoms with Crippen LogP contribution in [0.15, 0.2) is 48.5 Å². The molecule has 28 heavy (non-hydrogen) atoms. The molecule has 5 nitrogen and oxygen atoms in total. The molecule has 1 aliphatic carbocycles. The predicted octanol–water partition coefficient (Wildman–Crippen LogP) is 4.38. The number of carbonyl (C=O) groups is 3. The third-order valence-electron chi connectivity index (χ3n) is 5.44. The van der Waals surface area contributed by atoms with Gasteiger partial charge in [-0.25, -0.2) is 4.79 Å². The minimum Gasteiger partial charge on any atom is -0.457 e. The molecule has 0 radical (unpaired) electrons. The molecule has 1 saturated carbocycles. The first-order valence-electron chi connectivity index (χ1n) is 9.44. The smallest absolute Gasteiger partial charge is 0.338 e. The molecule has 2 aromatic carbocycles. The first-order chi connectivity index (χ1) is 13.5. The molecule has 0 bridgehead atoms. The minimum absolute atomic E-state index is 0.0926. The summed E-state index contributed by atoms with van der Waals surface area (Å²) < 4.78 is 5.35. The van der Waals surface area contributed by atoms with Gasteiger partial charge >= 0.3 is 5.97 Å². The summed E-state index contributed by atoms with van der Waals surface area (Å²) in [4.78, 5) is 39.2. The molecule has 6 heteroatoms. The Morgan fingerprint density at radius 3 is 2.36 bits per heavy atom. The second kappa shape index (κ2) is 7.76. The highest BCUT2D eigenvalue weighted by molar-refractivity contribution is 6.30. The van der Waals surface area contributed by atoms with Gasteiger partial charge in [0.15, 0.2) is 0 Å². The van der Waals surface area contributed by atoms with E-state index in [2.05, 4.69) is 0 Å². The second-order valence-electron chi connectivity index (χ2n) is 7.27. The lowest BCUT2D eigenvalue weighted by Gasteiger charge is -2.19. The fraction of sp³-hybridized carbons (Fsp3) is 0.318. The number of esters is 1. The Morgan fingerprint density at radius 2 is 1.68 bits per heavy atom. The molecule has 2 aromatic rings. The maximum absolute atomic E-state index is 12.8. The van der Waals surface area contributed by atoms with Gasteiger partial charge in [-0.1, -0.05) is 42.6 Å². The van der Waals surface area contributed by atoms with Crippen molar-refractivity contribution in [1.29, 1.82) is 0 Å². The van der Waals surface area contributed by atoms with Gasteiger partial charge in [0.25, 0.3) is 0 Å². The van der Waals surface area contributed by atoms with E-state index >= 15 is 0 Å². The number of rotatable bonds is 4. The number of imide groups is 1. The van der Waals surface area contributed by atoms with E-state index in [0.29, 0.717) is 16.3 Å². The molecule has 4 rings (SSSR count). The highest BCUT2D eigenvalue weighted by atomic mass is 35.5. The van der Waals surface area contributed by atoms with Crippen LogP contribution in [0.25, 0.3) is 0 Å². The first-order valence-corrected chi connectivity index (χ1v) is 9.82. The van der Waals surface area contributed by atoms with Crippen molar-refractivity contribution in [3.05, 3.63) is 64.7 Å². The van der Waals surface area contributed by atoms with E-state index in [-0.39, 0.29) is 30.3 Å². The molecule has 2 aliphatic rings. The lowest BCUT2D eigenvalue weighted by Crippen LogP contribution is -2.31. The van der Waals surface area contributed by atoms with Gasteiger partial charge in [0.1, 0.15) is 6.61 Å². The van der Waals surface area contributed by atoms with Gasteiger partial charge in [-0.3, -0.25) is 14.5 Å². The minimum atomic E-state index is -0.515. The van der Waals surface area contributed by atoms with E-state index in [1.807, 2.05) is 6.07 Å². The molecule has 2 atom stereocenters. The van der Waals surface area contributed by atoms with Crippen LogP contribution in [0.1, 0.15) is 41.6 Å². The molecular weight excluding hydrogens is 378 g/mol. The number of benzene rings is 2. The Hall–Kier alpha value is -2.66. The third kappa shape index (κ3) is 3.54. The Kier molecular flexibility index (Phi) is 5.18. The summed E-state index contributed by atoms with van der Waals surface area (Å²) in [6, 6.07) is 13.6. The van der Waals surface area contributed by atoms with Crippen LogP contribution in [0.5, 0.6) is 0 Å². The molecule has 1 aliphatic heterocycles. The zero-order chi connectivity index (χ0) is 19.7. The molecule has 0 spiro atoms. The lowest BCUT2D eigenvalue weighted by atomic mass is 9.81. The summed E-state index contributed by atoms with van der Waals surface area (Å²) in [5.74, 6) is -1.27. The van der Waals surface area contributed by atoms with E-state index in [1.165, 1.54) is 4.90 Å². The summed E-state index contributed by atoms with van der Waals surface area (Å²) in [7, 11) is 0. The summed E-state index contributed by atoms with van der Waals surface area (Å²) >= 11 is 5.94. The number of ether oxygens (including phenoxy) is 1. The monoisotopic (exact) mass is 397 g/mol. The number of halogens is 1. The van der Waals surface area contributed by atoms with E-state index in [0.717, 1.165) is 31.2 Å². The van der Waals surface area contributed by atoms with Crippen molar-refractivity contribution >= 4 is 35.1 Å². The highest BCUT2D eigenvalue weighted by Gasteiger charge is 2.48. The number of amides is 2. The normalized spacial score (nSPS) is 21.5. The molecule has 2 amide bonds. The maximum atomic E-state index is 12.8. The zero-order valence-electron chi connectivity index (χ0n) is 15.3. The van der Waals surface area contributed by atoms with Gasteiger partial charge in [0.05, 0.1) is 23.1 Å². The molecule has 2 fully saturated rings. The Bertz CT molecular complexity index is 918. The van der Waals surface area contributed by atoms with Crippen molar-refractivity contribution in [2.24, 2.45) is 11.8 Å². The summed E-state index contributed by atoms with van der Waals surface area (Å²) in [6.45, 7) is 0.0926. The third-order valence-corrected chi connectivity index (χ3v) is 5.68. The van der Waals surface area contributed by atoms with Crippen molar-refractivity contribution < 1.29 is 19.1 Å². The SMILES string of the molecule is O=C(OCc1cccc(Cl)c1)c1cccc(N2C(=O)[C@@H]3CCCC[C@H]3C2=O)c1. The summed E-state index contributed by atoms with van der Waals surface area (Å²) in [5.41, 5.74) is 1.52. The van der Waals surface area contributed by atoms with Crippen molar-refractivity contribution in [2.75, 3.05) is 4.90 Å². The summed E-state index contributed by atoms with van der Waals surface area (Å²) in [6.07, 6.45) is 3.47. The van der Waals surface area contributed by atoms with Crippen LogP contribution in [0, 0.1) is 11.8 Å². The average Bonchev–Trinajstić information content (AvgIpc) is 2.97. The van der Waals surface area contributed by atoms with Crippen molar-refractivity contribution in [3.63, 3.8) is 0 Å². The van der Waals surface area contributed by atoms with Crippen LogP contribution in [-0.4, -0.2) is 17.8 Å². The standard InChI is InChI=1S/C22H20ClNO4/c23-16-7-3-5-14(11-16)13-28-22(27)15-6-4-8-17(12-15)24-20(25)18-9-1-2-10-19(18)21(24)26/h3-8,11-12,18-19H,1-2,9-10,13H2/t18-,19-/m1/s1. The Labute approximate surface area is 168 Å². The number of nitrogens with zero attached hydrogens (tertiary/aromatic N) is 1. The van der Waals surface area contributed by atoms with Crippen LogP contribution in [0.4, 0.5) is 5.69 Å². The Morgan fingerprint density at radius 1 is 1.00 bits per heavy atom. The van der Waals surface area contributed by atoms with E-state index < -0.39 is 5.97 Å². The van der Waals surface area contributed by atoms with E-state index in [9.17, 15) is 14.4 Å². The van der Waals surface area contributed by atoms with Crippen LogP contribution in [-0.2, 0) is 20.9 Å². The first kappa shape index (κ1) is 18.7. The van der Waals surface area contributed by atoms with Crippen LogP contribution < -0.4 is 4.90 Å². The van der Waals surface area contributed by atoms with Crippen LogP contribution in [0.2, 0.25) is 5.02 Å². The fourth-order valence-electron chi connectivity index (χ4n) is 4.05. The number of fused-ring (bicyclic) bond motifs is 1. The average molecular weight is 398 g/mol. The number of hydrogen-bond acceptors (Lipinski definition) is 4. The lowest BCUT2D eigenvalue weighted by molar-refractivity contribution is -0.122. The van der Waals surface area contributed by atoms with Crippen molar-refractivity contribution in [2.45, 2.75) is 32.3 Å². The van der Waals surface area contributed by atoms with Gasteiger partial charge in [0.2, 0.25) is 11.8 Å². The molecule has 144 valence electrons. The zero-order valence-corrected chi connectivity index (χ0v) is 16.0. The molecule has 1 saturated heterocycles. The number of hydrogen-bond donors (Lipinski definition) is 0. The molecular formula is C22H20ClNO4. The number of anilines is 1. The maximum Gasteiger partial charge on any atom is 0.338 e. The highest BCUT2D eigenvalue weighted by Crippen LogP contribution is 2.40. The van der Waals surface area contributed by atoms with E-state index in [1.54, 1.807) is 42.5 Å². The van der Waals surface area contributed by atoms with Gasteiger partial charge in [0, 0.05) is 5.02 Å². The topological polar surface area (TPSA) is 63.7 Å². The Balaban J connectivity index is 1.50.